The van der Waals surface area contributed by atoms with Crippen LogP contribution in [-0.4, -0.2) is 12.4 Å². The lowest BCUT2D eigenvalue weighted by Gasteiger charge is -2.08. The maximum Gasteiger partial charge on any atom is 0.387 e. The fourth-order valence-electron chi connectivity index (χ4n) is 0.949. The second-order valence-electron chi connectivity index (χ2n) is 2.70. The molecular formula is C9H6ClF3O2. The van der Waals surface area contributed by atoms with E-state index >= 15 is 0 Å². The van der Waals surface area contributed by atoms with Gasteiger partial charge in [-0.3, -0.25) is 4.79 Å². The summed E-state index contributed by atoms with van der Waals surface area (Å²) in [5, 5.41) is -0.569. The number of hydrogen-bond donors (Lipinski definition) is 0. The summed E-state index contributed by atoms with van der Waals surface area (Å²) in [6.45, 7) is -1.95. The van der Waals surface area contributed by atoms with Crippen LogP contribution in [0.15, 0.2) is 12.1 Å². The van der Waals surface area contributed by atoms with Gasteiger partial charge in [-0.15, -0.1) is 0 Å². The van der Waals surface area contributed by atoms with E-state index in [1.165, 1.54) is 6.92 Å². The van der Waals surface area contributed by atoms with Crippen LogP contribution < -0.4 is 4.74 Å². The summed E-state index contributed by atoms with van der Waals surface area (Å²) in [6, 6.07) is 1.84. The molecule has 1 aromatic carbocycles. The highest BCUT2D eigenvalue weighted by Gasteiger charge is 2.15. The van der Waals surface area contributed by atoms with Gasteiger partial charge in [0.15, 0.2) is 5.78 Å². The van der Waals surface area contributed by atoms with E-state index in [0.717, 1.165) is 12.1 Å². The zero-order chi connectivity index (χ0) is 11.6. The summed E-state index contributed by atoms with van der Waals surface area (Å²) < 4.78 is 40.8. The molecule has 0 radical (unpaired) electrons. The third kappa shape index (κ3) is 2.86. The lowest BCUT2D eigenvalue weighted by atomic mass is 10.1. The lowest BCUT2D eigenvalue weighted by molar-refractivity contribution is -0.0499. The van der Waals surface area contributed by atoms with E-state index in [-0.39, 0.29) is 5.56 Å². The second kappa shape index (κ2) is 4.53. The molecule has 0 aromatic heterocycles. The summed E-state index contributed by atoms with van der Waals surface area (Å²) >= 11 is 5.37. The number of halogens is 4. The molecule has 0 fully saturated rings. The standard InChI is InChI=1S/C9H6ClF3O2/c1-4(14)5-2-6(11)8(10)7(3-5)15-9(12)13/h2-3,9H,1H3. The minimum Gasteiger partial charge on any atom is -0.433 e. The van der Waals surface area contributed by atoms with Crippen LogP contribution in [0.25, 0.3) is 0 Å². The first-order valence-corrected chi connectivity index (χ1v) is 4.24. The van der Waals surface area contributed by atoms with Crippen LogP contribution >= 0.6 is 11.6 Å². The van der Waals surface area contributed by atoms with Crippen molar-refractivity contribution in [3.05, 3.63) is 28.5 Å². The smallest absolute Gasteiger partial charge is 0.387 e. The molecule has 0 aliphatic rings. The van der Waals surface area contributed by atoms with Crippen molar-refractivity contribution in [2.75, 3.05) is 0 Å². The van der Waals surface area contributed by atoms with Gasteiger partial charge in [-0.1, -0.05) is 11.6 Å². The number of ketones is 1. The van der Waals surface area contributed by atoms with Crippen LogP contribution in [0.5, 0.6) is 5.75 Å². The number of rotatable bonds is 3. The Hall–Kier alpha value is -1.23. The van der Waals surface area contributed by atoms with Crippen LogP contribution in [0, 0.1) is 5.82 Å². The highest BCUT2D eigenvalue weighted by atomic mass is 35.5. The van der Waals surface area contributed by atoms with Crippen molar-refractivity contribution in [1.82, 2.24) is 0 Å². The number of hydrogen-bond acceptors (Lipinski definition) is 2. The van der Waals surface area contributed by atoms with Crippen LogP contribution in [-0.2, 0) is 0 Å². The summed E-state index contributed by atoms with van der Waals surface area (Å²) in [7, 11) is 0. The molecule has 0 saturated carbocycles. The number of Topliss-reactive ketones (excluding diaryl/α,β-unsaturated/α-hetero) is 1. The monoisotopic (exact) mass is 238 g/mol. The van der Waals surface area contributed by atoms with E-state index in [0.29, 0.717) is 0 Å². The molecule has 15 heavy (non-hydrogen) atoms. The van der Waals surface area contributed by atoms with Gasteiger partial charge < -0.3 is 4.74 Å². The Kier molecular flexibility index (Phi) is 3.57. The molecular weight excluding hydrogens is 233 g/mol. The predicted octanol–water partition coefficient (Wildman–Crippen LogP) is 3.28. The van der Waals surface area contributed by atoms with Crippen LogP contribution in [0.1, 0.15) is 17.3 Å². The van der Waals surface area contributed by atoms with Gasteiger partial charge in [-0.2, -0.15) is 8.78 Å². The fourth-order valence-corrected chi connectivity index (χ4v) is 1.10. The molecule has 0 heterocycles. The van der Waals surface area contributed by atoms with E-state index in [2.05, 4.69) is 4.74 Å². The van der Waals surface area contributed by atoms with Crippen molar-refractivity contribution in [3.63, 3.8) is 0 Å². The first-order valence-electron chi connectivity index (χ1n) is 3.86. The predicted molar refractivity (Wildman–Crippen MR) is 48.0 cm³/mol. The first kappa shape index (κ1) is 11.8. The normalized spacial score (nSPS) is 10.5. The third-order valence-electron chi connectivity index (χ3n) is 1.62. The highest BCUT2D eigenvalue weighted by molar-refractivity contribution is 6.32. The van der Waals surface area contributed by atoms with Gasteiger partial charge >= 0.3 is 6.61 Å². The van der Waals surface area contributed by atoms with Gasteiger partial charge in [0.1, 0.15) is 16.6 Å². The molecule has 0 spiro atoms. The van der Waals surface area contributed by atoms with Crippen molar-refractivity contribution in [2.45, 2.75) is 13.5 Å². The van der Waals surface area contributed by atoms with E-state index in [9.17, 15) is 18.0 Å². The number of carbonyl (C=O) groups is 1. The Labute approximate surface area is 88.6 Å². The Balaban J connectivity index is 3.19. The van der Waals surface area contributed by atoms with Crippen LogP contribution in [0.4, 0.5) is 13.2 Å². The molecule has 0 saturated heterocycles. The molecule has 0 N–H and O–H groups in total. The van der Waals surface area contributed by atoms with Gasteiger partial charge in [-0.05, 0) is 19.1 Å². The van der Waals surface area contributed by atoms with E-state index in [1.54, 1.807) is 0 Å². The van der Waals surface area contributed by atoms with Gasteiger partial charge in [0.2, 0.25) is 0 Å². The Bertz CT molecular complexity index is 393. The summed E-state index contributed by atoms with van der Waals surface area (Å²) in [5.74, 6) is -1.98. The van der Waals surface area contributed by atoms with Crippen LogP contribution in [0.2, 0.25) is 5.02 Å². The molecule has 1 aromatic rings. The van der Waals surface area contributed by atoms with Crippen molar-refractivity contribution in [2.24, 2.45) is 0 Å². The number of alkyl halides is 2. The number of carbonyl (C=O) groups excluding carboxylic acids is 1. The maximum atomic E-state index is 13.0. The molecule has 82 valence electrons. The summed E-state index contributed by atoms with van der Waals surface area (Å²) in [6.07, 6.45) is 0. The molecule has 0 amide bonds. The average molecular weight is 239 g/mol. The van der Waals surface area contributed by atoms with E-state index < -0.39 is 29.0 Å². The Morgan fingerprint density at radius 3 is 2.53 bits per heavy atom. The SMILES string of the molecule is CC(=O)c1cc(F)c(Cl)c(OC(F)F)c1. The van der Waals surface area contributed by atoms with Crippen molar-refractivity contribution in [1.29, 1.82) is 0 Å². The van der Waals surface area contributed by atoms with Gasteiger partial charge in [0.05, 0.1) is 0 Å². The zero-order valence-electron chi connectivity index (χ0n) is 7.56. The minimum atomic E-state index is -3.12. The van der Waals surface area contributed by atoms with E-state index in [4.69, 9.17) is 11.6 Å². The van der Waals surface area contributed by atoms with Crippen LogP contribution in [0.3, 0.4) is 0 Å². The number of benzene rings is 1. The fraction of sp³-hybridized carbons (Fsp3) is 0.222. The molecule has 0 aliphatic heterocycles. The molecule has 0 atom stereocenters. The molecule has 6 heteroatoms. The number of ether oxygens (including phenoxy) is 1. The van der Waals surface area contributed by atoms with Crippen molar-refractivity contribution >= 4 is 17.4 Å². The second-order valence-corrected chi connectivity index (χ2v) is 3.08. The highest BCUT2D eigenvalue weighted by Crippen LogP contribution is 2.30. The molecule has 0 aliphatic carbocycles. The zero-order valence-corrected chi connectivity index (χ0v) is 8.32. The lowest BCUT2D eigenvalue weighted by Crippen LogP contribution is -2.05. The molecule has 0 bridgehead atoms. The maximum absolute atomic E-state index is 13.0. The first-order chi connectivity index (χ1) is 6.91. The van der Waals surface area contributed by atoms with Gasteiger partial charge in [0.25, 0.3) is 0 Å². The summed E-state index contributed by atoms with van der Waals surface area (Å²) in [5.41, 5.74) is -0.0763. The molecule has 0 unspecified atom stereocenters. The quantitative estimate of drug-likeness (QED) is 0.756. The topological polar surface area (TPSA) is 26.3 Å². The third-order valence-corrected chi connectivity index (χ3v) is 1.98. The Morgan fingerprint density at radius 2 is 2.07 bits per heavy atom. The van der Waals surface area contributed by atoms with Crippen molar-refractivity contribution < 1.29 is 22.7 Å². The van der Waals surface area contributed by atoms with Gasteiger partial charge in [0, 0.05) is 5.56 Å². The minimum absolute atomic E-state index is 0.0763. The molecule has 2 nitrogen and oxygen atoms in total. The average Bonchev–Trinajstić information content (AvgIpc) is 2.11. The van der Waals surface area contributed by atoms with Gasteiger partial charge in [-0.25, -0.2) is 4.39 Å². The summed E-state index contributed by atoms with van der Waals surface area (Å²) in [4.78, 5) is 10.9. The van der Waals surface area contributed by atoms with Crippen molar-refractivity contribution in [3.8, 4) is 5.75 Å². The largest absolute Gasteiger partial charge is 0.433 e. The Morgan fingerprint density at radius 1 is 1.47 bits per heavy atom. The molecule has 1 rings (SSSR count). The van der Waals surface area contributed by atoms with E-state index in [1.807, 2.05) is 0 Å².